The van der Waals surface area contributed by atoms with Crippen LogP contribution in [-0.4, -0.2) is 36.4 Å². The van der Waals surface area contributed by atoms with E-state index >= 15 is 0 Å². The molecule has 45 heavy (non-hydrogen) atoms. The highest BCUT2D eigenvalue weighted by molar-refractivity contribution is 5.83. The van der Waals surface area contributed by atoms with E-state index in [4.69, 9.17) is 28.7 Å². The topological polar surface area (TPSA) is 93.4 Å². The number of nitrogens with zero attached hydrogens (tertiary/aromatic N) is 3. The van der Waals surface area contributed by atoms with Crippen molar-refractivity contribution >= 4 is 17.1 Å². The Kier molecular flexibility index (Phi) is 8.42. The molecule has 0 aliphatic carbocycles. The van der Waals surface area contributed by atoms with Crippen molar-refractivity contribution in [1.82, 2.24) is 9.66 Å². The molecule has 5 aromatic rings. The molecule has 0 saturated heterocycles. The van der Waals surface area contributed by atoms with Crippen molar-refractivity contribution in [3.63, 3.8) is 0 Å². The van der Waals surface area contributed by atoms with Crippen LogP contribution in [0.2, 0.25) is 0 Å². The zero-order valence-electron chi connectivity index (χ0n) is 26.0. The monoisotopic (exact) mass is 605 g/mol. The fraction of sp³-hybridized carbons (Fsp3) is 0.250. The van der Waals surface area contributed by atoms with Gasteiger partial charge in [-0.15, -0.1) is 0 Å². The summed E-state index contributed by atoms with van der Waals surface area (Å²) in [6.07, 6.45) is 1.62. The van der Waals surface area contributed by atoms with Gasteiger partial charge in [-0.3, -0.25) is 4.79 Å². The Morgan fingerprint density at radius 1 is 0.956 bits per heavy atom. The molecule has 230 valence electrons. The molecule has 9 nitrogen and oxygen atoms in total. The first kappa shape index (κ1) is 29.7. The maximum atomic E-state index is 13.8. The van der Waals surface area contributed by atoms with E-state index in [1.54, 1.807) is 19.4 Å². The third-order valence-corrected chi connectivity index (χ3v) is 7.61. The van der Waals surface area contributed by atoms with Crippen LogP contribution in [-0.2, 0) is 6.61 Å². The van der Waals surface area contributed by atoms with Gasteiger partial charge in [-0.1, -0.05) is 32.0 Å². The van der Waals surface area contributed by atoms with Gasteiger partial charge in [-0.05, 0) is 96.6 Å². The highest BCUT2D eigenvalue weighted by Crippen LogP contribution is 2.35. The number of rotatable bonds is 10. The molecule has 1 aliphatic rings. The van der Waals surface area contributed by atoms with E-state index in [0.29, 0.717) is 47.2 Å². The van der Waals surface area contributed by atoms with Gasteiger partial charge in [0.25, 0.3) is 5.56 Å². The standard InChI is InChI=1S/C36H35N3O6/c1-6-42-32-15-23(4)28(18-27(32)22(2)3)35-38-29-10-8-7-9-26(29)36(40)39(35)37-19-24-11-13-30(33(16-24)41-5)43-20-25-12-14-31-34(17-25)45-21-44-31/h7-19,22H,6,20-21H2,1-5H3. The summed E-state index contributed by atoms with van der Waals surface area (Å²) in [5.74, 6) is 4.02. The van der Waals surface area contributed by atoms with Crippen molar-refractivity contribution in [2.75, 3.05) is 20.5 Å². The zero-order chi connectivity index (χ0) is 31.5. The second kappa shape index (κ2) is 12.7. The molecule has 4 aromatic carbocycles. The number of fused-ring (bicyclic) bond motifs is 2. The van der Waals surface area contributed by atoms with Gasteiger partial charge >= 0.3 is 0 Å². The fourth-order valence-electron chi connectivity index (χ4n) is 5.28. The molecule has 0 atom stereocenters. The molecule has 0 fully saturated rings. The Balaban J connectivity index is 1.35. The van der Waals surface area contributed by atoms with Gasteiger partial charge in [0.05, 0.1) is 30.8 Å². The Bertz CT molecular complexity index is 1960. The Labute approximate surface area is 261 Å². The molecule has 2 heterocycles. The SMILES string of the molecule is CCOc1cc(C)c(-c2nc3ccccc3c(=O)n2N=Cc2ccc(OCc3ccc4c(c3)OCO4)c(OC)c2)cc1C(C)C. The Morgan fingerprint density at radius 3 is 2.58 bits per heavy atom. The summed E-state index contributed by atoms with van der Waals surface area (Å²) >= 11 is 0. The van der Waals surface area contributed by atoms with Gasteiger partial charge in [0.15, 0.2) is 28.8 Å². The first-order chi connectivity index (χ1) is 21.9. The number of aromatic nitrogens is 2. The first-order valence-electron chi connectivity index (χ1n) is 14.9. The second-order valence-corrected chi connectivity index (χ2v) is 11.0. The summed E-state index contributed by atoms with van der Waals surface area (Å²) < 4.78 is 29.9. The quantitative estimate of drug-likeness (QED) is 0.157. The average Bonchev–Trinajstić information content (AvgIpc) is 3.52. The number of ether oxygens (including phenoxy) is 5. The lowest BCUT2D eigenvalue weighted by Crippen LogP contribution is -2.21. The molecular formula is C36H35N3O6. The smallest absolute Gasteiger partial charge is 0.282 e. The van der Waals surface area contributed by atoms with Crippen LogP contribution in [0, 0.1) is 6.92 Å². The lowest BCUT2D eigenvalue weighted by atomic mass is 9.96. The van der Waals surface area contributed by atoms with Crippen LogP contribution in [0.5, 0.6) is 28.7 Å². The molecule has 6 rings (SSSR count). The van der Waals surface area contributed by atoms with Crippen molar-refractivity contribution in [3.05, 3.63) is 105 Å². The fourth-order valence-corrected chi connectivity index (χ4v) is 5.28. The lowest BCUT2D eigenvalue weighted by Gasteiger charge is -2.18. The minimum absolute atomic E-state index is 0.202. The van der Waals surface area contributed by atoms with E-state index in [0.717, 1.165) is 39.3 Å². The molecule has 0 N–H and O–H groups in total. The maximum Gasteiger partial charge on any atom is 0.282 e. The number of hydrogen-bond donors (Lipinski definition) is 0. The van der Waals surface area contributed by atoms with E-state index in [1.165, 1.54) is 4.68 Å². The number of para-hydroxylation sites is 1. The predicted molar refractivity (Wildman–Crippen MR) is 174 cm³/mol. The molecule has 0 amide bonds. The van der Waals surface area contributed by atoms with E-state index in [2.05, 4.69) is 25.0 Å². The van der Waals surface area contributed by atoms with Gasteiger partial charge in [-0.25, -0.2) is 4.98 Å². The van der Waals surface area contributed by atoms with Gasteiger partial charge < -0.3 is 23.7 Å². The maximum absolute atomic E-state index is 13.8. The Morgan fingerprint density at radius 2 is 1.78 bits per heavy atom. The summed E-state index contributed by atoms with van der Waals surface area (Å²) in [7, 11) is 1.58. The lowest BCUT2D eigenvalue weighted by molar-refractivity contribution is 0.174. The van der Waals surface area contributed by atoms with E-state index in [-0.39, 0.29) is 18.3 Å². The zero-order valence-corrected chi connectivity index (χ0v) is 26.0. The van der Waals surface area contributed by atoms with Crippen LogP contribution in [0.1, 0.15) is 48.9 Å². The predicted octanol–water partition coefficient (Wildman–Crippen LogP) is 7.09. The highest BCUT2D eigenvalue weighted by atomic mass is 16.7. The summed E-state index contributed by atoms with van der Waals surface area (Å²) in [5, 5.41) is 5.15. The normalized spacial score (nSPS) is 12.3. The molecule has 0 bridgehead atoms. The molecule has 1 aliphatic heterocycles. The van der Waals surface area contributed by atoms with Crippen LogP contribution in [0.3, 0.4) is 0 Å². The minimum atomic E-state index is -0.262. The van der Waals surface area contributed by atoms with Crippen LogP contribution < -0.4 is 29.2 Å². The Hall–Kier alpha value is -5.31. The largest absolute Gasteiger partial charge is 0.494 e. The second-order valence-electron chi connectivity index (χ2n) is 11.0. The minimum Gasteiger partial charge on any atom is -0.494 e. The number of aryl methyl sites for hydroxylation is 1. The van der Waals surface area contributed by atoms with Crippen LogP contribution in [0.25, 0.3) is 22.3 Å². The highest BCUT2D eigenvalue weighted by Gasteiger charge is 2.19. The summed E-state index contributed by atoms with van der Waals surface area (Å²) in [5.41, 5.74) is 4.78. The van der Waals surface area contributed by atoms with Crippen LogP contribution >= 0.6 is 0 Å². The van der Waals surface area contributed by atoms with Gasteiger partial charge in [-0.2, -0.15) is 9.78 Å². The van der Waals surface area contributed by atoms with Crippen molar-refractivity contribution in [2.45, 2.75) is 40.2 Å². The van der Waals surface area contributed by atoms with Crippen molar-refractivity contribution in [1.29, 1.82) is 0 Å². The van der Waals surface area contributed by atoms with Crippen molar-refractivity contribution < 1.29 is 23.7 Å². The summed E-state index contributed by atoms with van der Waals surface area (Å²) in [6.45, 7) is 9.30. The van der Waals surface area contributed by atoms with Crippen LogP contribution in [0.15, 0.2) is 82.7 Å². The molecule has 0 radical (unpaired) electrons. The van der Waals surface area contributed by atoms with E-state index in [9.17, 15) is 4.79 Å². The molecule has 0 spiro atoms. The third-order valence-electron chi connectivity index (χ3n) is 7.61. The van der Waals surface area contributed by atoms with E-state index in [1.807, 2.05) is 74.5 Å². The average molecular weight is 606 g/mol. The van der Waals surface area contributed by atoms with Crippen molar-refractivity contribution in [2.24, 2.45) is 5.10 Å². The summed E-state index contributed by atoms with van der Waals surface area (Å²) in [4.78, 5) is 18.8. The number of hydrogen-bond acceptors (Lipinski definition) is 8. The van der Waals surface area contributed by atoms with E-state index < -0.39 is 0 Å². The number of benzene rings is 4. The first-order valence-corrected chi connectivity index (χ1v) is 14.9. The molecular weight excluding hydrogens is 570 g/mol. The molecule has 1 aromatic heterocycles. The molecule has 9 heteroatoms. The van der Waals surface area contributed by atoms with Gasteiger partial charge in [0.2, 0.25) is 6.79 Å². The molecule has 0 saturated carbocycles. The van der Waals surface area contributed by atoms with Crippen LogP contribution in [0.4, 0.5) is 0 Å². The summed E-state index contributed by atoms with van der Waals surface area (Å²) in [6, 6.07) is 22.6. The van der Waals surface area contributed by atoms with Crippen molar-refractivity contribution in [3.8, 4) is 40.1 Å². The van der Waals surface area contributed by atoms with Gasteiger partial charge in [0.1, 0.15) is 12.4 Å². The third kappa shape index (κ3) is 6.06. The molecule has 0 unspecified atom stereocenters. The number of methoxy groups -OCH3 is 1. The van der Waals surface area contributed by atoms with Gasteiger partial charge in [0, 0.05) is 5.56 Å².